The van der Waals surface area contributed by atoms with E-state index in [9.17, 15) is 0 Å². The molecule has 4 aromatic heterocycles. The molecule has 0 bridgehead atoms. The lowest BCUT2D eigenvalue weighted by Gasteiger charge is -2.13. The summed E-state index contributed by atoms with van der Waals surface area (Å²) in [5, 5.41) is 2.14. The Bertz CT molecular complexity index is 1270. The minimum Gasteiger partial charge on any atom is -0.330 e. The highest BCUT2D eigenvalue weighted by atomic mass is 32.2. The largest absolute Gasteiger partial charge is 0.330 e. The number of hydrogen-bond donors (Lipinski definition) is 2. The van der Waals surface area contributed by atoms with E-state index in [0.717, 1.165) is 24.2 Å². The van der Waals surface area contributed by atoms with Gasteiger partial charge in [-0.3, -0.25) is 0 Å². The van der Waals surface area contributed by atoms with Crippen molar-refractivity contribution >= 4 is 66.9 Å². The Kier molecular flexibility index (Phi) is 9.04. The molecule has 0 aliphatic rings. The minimum atomic E-state index is 0.656. The van der Waals surface area contributed by atoms with E-state index in [-0.39, 0.29) is 0 Å². The fourth-order valence-corrected chi connectivity index (χ4v) is 9.16. The van der Waals surface area contributed by atoms with E-state index < -0.39 is 0 Å². The first-order valence-corrected chi connectivity index (χ1v) is 15.5. The van der Waals surface area contributed by atoms with Crippen molar-refractivity contribution in [2.45, 2.75) is 33.1 Å². The minimum absolute atomic E-state index is 0.656. The summed E-state index contributed by atoms with van der Waals surface area (Å²) in [6.45, 7) is 10.1. The topological polar surface area (TPSA) is 52.0 Å². The second-order valence-corrected chi connectivity index (χ2v) is 13.4. The molecular formula is C27H30N2S5. The van der Waals surface area contributed by atoms with Crippen LogP contribution in [0.3, 0.4) is 0 Å². The lowest BCUT2D eigenvalue weighted by Crippen LogP contribution is -2.02. The Labute approximate surface area is 223 Å². The van der Waals surface area contributed by atoms with Crippen LogP contribution in [-0.2, 0) is 6.42 Å². The average Bonchev–Trinajstić information content (AvgIpc) is 3.62. The van der Waals surface area contributed by atoms with E-state index in [2.05, 4.69) is 68.3 Å². The summed E-state index contributed by atoms with van der Waals surface area (Å²) in [5.41, 5.74) is 14.7. The molecule has 4 aromatic rings. The predicted molar refractivity (Wildman–Crippen MR) is 160 cm³/mol. The average molecular weight is 543 g/mol. The second kappa shape index (κ2) is 12.0. The van der Waals surface area contributed by atoms with Gasteiger partial charge in [-0.05, 0) is 86.6 Å². The zero-order valence-corrected chi connectivity index (χ0v) is 23.6. The van der Waals surface area contributed by atoms with Gasteiger partial charge in [0.25, 0.3) is 0 Å². The first kappa shape index (κ1) is 25.6. The summed E-state index contributed by atoms with van der Waals surface area (Å²) in [7, 11) is 0. The summed E-state index contributed by atoms with van der Waals surface area (Å²) in [5.74, 6) is 0. The summed E-state index contributed by atoms with van der Waals surface area (Å²) in [6, 6.07) is 15.5. The van der Waals surface area contributed by atoms with Crippen molar-refractivity contribution < 1.29 is 0 Å². The molecule has 7 heteroatoms. The number of nitrogens with two attached hydrogens (primary N) is 2. The van der Waals surface area contributed by atoms with Crippen molar-refractivity contribution in [1.82, 2.24) is 0 Å². The van der Waals surface area contributed by atoms with Crippen LogP contribution in [0.4, 0.5) is 0 Å². The van der Waals surface area contributed by atoms with E-state index in [0.29, 0.717) is 13.1 Å². The van der Waals surface area contributed by atoms with Crippen LogP contribution in [0.15, 0.2) is 60.0 Å². The predicted octanol–water partition coefficient (Wildman–Crippen LogP) is 8.95. The van der Waals surface area contributed by atoms with Crippen molar-refractivity contribution in [3.8, 4) is 19.5 Å². The van der Waals surface area contributed by atoms with Gasteiger partial charge in [0, 0.05) is 44.0 Å². The third kappa shape index (κ3) is 5.85. The zero-order valence-electron chi connectivity index (χ0n) is 19.6. The Morgan fingerprint density at radius 3 is 2.41 bits per heavy atom. The summed E-state index contributed by atoms with van der Waals surface area (Å²) in [6.07, 6.45) is 2.79. The number of aryl methyl sites for hydroxylation is 1. The van der Waals surface area contributed by atoms with Crippen molar-refractivity contribution in [3.05, 3.63) is 80.2 Å². The number of thiophene rings is 4. The first-order valence-electron chi connectivity index (χ1n) is 11.4. The van der Waals surface area contributed by atoms with E-state index in [1.165, 1.54) is 50.2 Å². The van der Waals surface area contributed by atoms with Crippen molar-refractivity contribution in [1.29, 1.82) is 0 Å². The molecule has 0 saturated heterocycles. The number of thioether (sulfide) groups is 1. The molecule has 4 N–H and O–H groups in total. The van der Waals surface area contributed by atoms with Gasteiger partial charge < -0.3 is 11.5 Å². The van der Waals surface area contributed by atoms with Crippen molar-refractivity contribution in [2.24, 2.45) is 11.5 Å². The van der Waals surface area contributed by atoms with Crippen LogP contribution in [0, 0.1) is 6.92 Å². The molecule has 0 radical (unpaired) electrons. The lowest BCUT2D eigenvalue weighted by atomic mass is 10.1. The van der Waals surface area contributed by atoms with Gasteiger partial charge in [-0.15, -0.1) is 45.3 Å². The van der Waals surface area contributed by atoms with Crippen LogP contribution < -0.4 is 11.5 Å². The van der Waals surface area contributed by atoms with Crippen molar-refractivity contribution in [2.75, 3.05) is 13.1 Å². The fraction of sp³-hybridized carbons (Fsp3) is 0.259. The molecule has 0 aliphatic heterocycles. The molecular weight excluding hydrogens is 513 g/mol. The number of rotatable bonds is 11. The Morgan fingerprint density at radius 2 is 1.76 bits per heavy atom. The molecule has 4 rings (SSSR count). The number of hydrogen-bond acceptors (Lipinski definition) is 7. The molecule has 0 saturated carbocycles. The van der Waals surface area contributed by atoms with E-state index in [4.69, 9.17) is 11.5 Å². The quantitative estimate of drug-likeness (QED) is 0.199. The van der Waals surface area contributed by atoms with Gasteiger partial charge in [-0.2, -0.15) is 0 Å². The standard InChI is InChI=1S/C27H30N2S5/c1-4-19(11-13-28)26(32-18(3)21-8-7-17(2)31-21)23-9-10-24(33-23)27-20(12-14-29)16-25(34-27)22-6-5-15-30-22/h5-10,15-16H,3-4,11-14,28-29H2,1-2H3. The smallest absolute Gasteiger partial charge is 0.0482 e. The molecule has 0 aromatic carbocycles. The van der Waals surface area contributed by atoms with Crippen LogP contribution in [-0.4, -0.2) is 13.1 Å². The van der Waals surface area contributed by atoms with Crippen LogP contribution in [0.2, 0.25) is 0 Å². The Morgan fingerprint density at radius 1 is 0.941 bits per heavy atom. The molecule has 0 fully saturated rings. The first-order chi connectivity index (χ1) is 16.5. The summed E-state index contributed by atoms with van der Waals surface area (Å²) >= 11 is 9.15. The molecule has 2 nitrogen and oxygen atoms in total. The zero-order chi connectivity index (χ0) is 24.1. The molecule has 178 valence electrons. The van der Waals surface area contributed by atoms with E-state index in [1.54, 1.807) is 34.4 Å². The maximum absolute atomic E-state index is 6.00. The second-order valence-electron chi connectivity index (χ2n) is 7.91. The molecule has 0 amide bonds. The van der Waals surface area contributed by atoms with Crippen LogP contribution in [0.1, 0.15) is 40.0 Å². The molecule has 0 aliphatic carbocycles. The summed E-state index contributed by atoms with van der Waals surface area (Å²) in [4.78, 5) is 11.6. The fourth-order valence-electron chi connectivity index (χ4n) is 3.78. The SMILES string of the molecule is C=C(SC(=C(CC)CCN)c1ccc(-c2sc(-c3cccs3)cc2CCN)s1)c1ccc(C)s1. The third-order valence-corrected chi connectivity index (χ3v) is 11.5. The van der Waals surface area contributed by atoms with Crippen LogP contribution in [0.25, 0.3) is 29.3 Å². The highest BCUT2D eigenvalue weighted by Crippen LogP contribution is 2.48. The van der Waals surface area contributed by atoms with E-state index in [1.807, 2.05) is 22.7 Å². The molecule has 0 spiro atoms. The van der Waals surface area contributed by atoms with Crippen molar-refractivity contribution in [3.63, 3.8) is 0 Å². The summed E-state index contributed by atoms with van der Waals surface area (Å²) < 4.78 is 0. The molecule has 0 unspecified atom stereocenters. The van der Waals surface area contributed by atoms with Crippen LogP contribution >= 0.6 is 57.1 Å². The highest BCUT2D eigenvalue weighted by Gasteiger charge is 2.18. The molecule has 0 atom stereocenters. The third-order valence-electron chi connectivity index (χ3n) is 5.47. The maximum Gasteiger partial charge on any atom is 0.0482 e. The molecule has 4 heterocycles. The maximum atomic E-state index is 6.00. The normalized spacial score (nSPS) is 12.2. The van der Waals surface area contributed by atoms with Gasteiger partial charge in [-0.25, -0.2) is 0 Å². The van der Waals surface area contributed by atoms with Gasteiger partial charge in [0.05, 0.1) is 0 Å². The van der Waals surface area contributed by atoms with Gasteiger partial charge >= 0.3 is 0 Å². The Balaban J connectivity index is 1.71. The van der Waals surface area contributed by atoms with Crippen LogP contribution in [0.5, 0.6) is 0 Å². The lowest BCUT2D eigenvalue weighted by molar-refractivity contribution is 0.901. The van der Waals surface area contributed by atoms with Gasteiger partial charge in [0.2, 0.25) is 0 Å². The molecule has 34 heavy (non-hydrogen) atoms. The highest BCUT2D eigenvalue weighted by molar-refractivity contribution is 8.16. The van der Waals surface area contributed by atoms with Gasteiger partial charge in [-0.1, -0.05) is 36.9 Å². The van der Waals surface area contributed by atoms with Gasteiger partial charge in [0.1, 0.15) is 0 Å². The monoisotopic (exact) mass is 542 g/mol. The Hall–Kier alpha value is -1.45. The van der Waals surface area contributed by atoms with Gasteiger partial charge in [0.15, 0.2) is 0 Å². The van der Waals surface area contributed by atoms with E-state index >= 15 is 0 Å².